The van der Waals surface area contributed by atoms with Gasteiger partial charge in [-0.2, -0.15) is 5.10 Å². The van der Waals surface area contributed by atoms with Crippen molar-refractivity contribution in [1.82, 2.24) is 14.7 Å². The number of benzene rings is 2. The molecule has 3 aromatic rings. The van der Waals surface area contributed by atoms with E-state index >= 15 is 0 Å². The maximum Gasteiger partial charge on any atom is 0.127 e. The van der Waals surface area contributed by atoms with Crippen molar-refractivity contribution in [1.29, 1.82) is 0 Å². The molecule has 136 valence electrons. The van der Waals surface area contributed by atoms with Crippen molar-refractivity contribution in [3.63, 3.8) is 0 Å². The molecule has 0 spiro atoms. The fourth-order valence-electron chi connectivity index (χ4n) is 3.00. The summed E-state index contributed by atoms with van der Waals surface area (Å²) in [5, 5.41) is 4.68. The molecule has 0 atom stereocenters. The van der Waals surface area contributed by atoms with Crippen LogP contribution in [0.3, 0.4) is 0 Å². The van der Waals surface area contributed by atoms with E-state index in [4.69, 9.17) is 4.74 Å². The molecule has 26 heavy (non-hydrogen) atoms. The summed E-state index contributed by atoms with van der Waals surface area (Å²) < 4.78 is 7.78. The molecule has 0 radical (unpaired) electrons. The third kappa shape index (κ3) is 4.73. The van der Waals surface area contributed by atoms with E-state index in [1.54, 1.807) is 0 Å². The van der Waals surface area contributed by atoms with Gasteiger partial charge in [-0.15, -0.1) is 0 Å². The molecule has 0 aliphatic carbocycles. The zero-order valence-electron chi connectivity index (χ0n) is 15.9. The molecule has 4 heteroatoms. The lowest BCUT2D eigenvalue weighted by Crippen LogP contribution is -2.19. The number of para-hydroxylation sites is 1. The highest BCUT2D eigenvalue weighted by molar-refractivity contribution is 5.63. The quantitative estimate of drug-likeness (QED) is 0.566. The molecule has 0 aliphatic rings. The van der Waals surface area contributed by atoms with Crippen LogP contribution in [0.1, 0.15) is 25.3 Å². The number of aromatic nitrogens is 2. The van der Waals surface area contributed by atoms with Crippen LogP contribution in [0.15, 0.2) is 60.8 Å². The fourth-order valence-corrected chi connectivity index (χ4v) is 3.00. The molecule has 0 N–H and O–H groups in total. The van der Waals surface area contributed by atoms with Gasteiger partial charge in [0.25, 0.3) is 0 Å². The van der Waals surface area contributed by atoms with Gasteiger partial charge in [0.05, 0.1) is 5.69 Å². The Kier molecular flexibility index (Phi) is 6.08. The molecule has 0 bridgehead atoms. The van der Waals surface area contributed by atoms with Crippen molar-refractivity contribution in [2.24, 2.45) is 7.05 Å². The minimum Gasteiger partial charge on any atom is -0.457 e. The predicted octanol–water partition coefficient (Wildman–Crippen LogP) is 5.11. The zero-order chi connectivity index (χ0) is 18.4. The van der Waals surface area contributed by atoms with Crippen molar-refractivity contribution in [2.75, 3.05) is 13.6 Å². The van der Waals surface area contributed by atoms with Gasteiger partial charge in [-0.05, 0) is 56.4 Å². The first-order valence-corrected chi connectivity index (χ1v) is 9.20. The zero-order valence-corrected chi connectivity index (χ0v) is 15.9. The van der Waals surface area contributed by atoms with Gasteiger partial charge in [-0.25, -0.2) is 0 Å². The van der Waals surface area contributed by atoms with E-state index in [9.17, 15) is 0 Å². The topological polar surface area (TPSA) is 30.3 Å². The first kappa shape index (κ1) is 18.2. The van der Waals surface area contributed by atoms with E-state index in [1.807, 2.05) is 54.2 Å². The lowest BCUT2D eigenvalue weighted by molar-refractivity contribution is 0.321. The van der Waals surface area contributed by atoms with Gasteiger partial charge in [0.2, 0.25) is 0 Å². The molecular weight excluding hydrogens is 322 g/mol. The molecule has 0 saturated carbocycles. The Morgan fingerprint density at radius 3 is 2.38 bits per heavy atom. The average Bonchev–Trinajstić information content (AvgIpc) is 3.01. The van der Waals surface area contributed by atoms with Crippen LogP contribution in [0, 0.1) is 0 Å². The standard InChI is InChI=1S/C22H27N3O/c1-4-5-15-24(2)16-19-17-25(3)23-22(19)18-11-13-21(14-12-18)26-20-9-7-6-8-10-20/h6-14,17H,4-5,15-16H2,1-3H3. The number of rotatable bonds is 8. The van der Waals surface area contributed by atoms with Crippen LogP contribution >= 0.6 is 0 Å². The normalized spacial score (nSPS) is 11.1. The van der Waals surface area contributed by atoms with Gasteiger partial charge in [-0.1, -0.05) is 31.5 Å². The summed E-state index contributed by atoms with van der Waals surface area (Å²) >= 11 is 0. The predicted molar refractivity (Wildman–Crippen MR) is 106 cm³/mol. The third-order valence-corrected chi connectivity index (χ3v) is 4.34. The second-order valence-corrected chi connectivity index (χ2v) is 6.71. The Morgan fingerprint density at radius 1 is 1.00 bits per heavy atom. The van der Waals surface area contributed by atoms with Crippen LogP contribution in [0.4, 0.5) is 0 Å². The summed E-state index contributed by atoms with van der Waals surface area (Å²) in [5.74, 6) is 1.67. The van der Waals surface area contributed by atoms with Gasteiger partial charge in [0.15, 0.2) is 0 Å². The number of ether oxygens (including phenoxy) is 1. The SMILES string of the molecule is CCCCN(C)Cc1cn(C)nc1-c1ccc(Oc2ccccc2)cc1. The molecule has 1 heterocycles. The highest BCUT2D eigenvalue weighted by atomic mass is 16.5. The van der Waals surface area contributed by atoms with Gasteiger partial charge in [-0.3, -0.25) is 4.68 Å². The average molecular weight is 349 g/mol. The second-order valence-electron chi connectivity index (χ2n) is 6.71. The summed E-state index contributed by atoms with van der Waals surface area (Å²) in [6.07, 6.45) is 4.55. The first-order chi connectivity index (χ1) is 12.7. The van der Waals surface area contributed by atoms with Crippen LogP contribution in [0.25, 0.3) is 11.3 Å². The Bertz CT molecular complexity index is 809. The molecule has 2 aromatic carbocycles. The first-order valence-electron chi connectivity index (χ1n) is 9.20. The summed E-state index contributed by atoms with van der Waals surface area (Å²) in [6.45, 7) is 4.24. The number of hydrogen-bond acceptors (Lipinski definition) is 3. The van der Waals surface area contributed by atoms with Crippen LogP contribution in [0.5, 0.6) is 11.5 Å². The van der Waals surface area contributed by atoms with Crippen molar-refractivity contribution in [3.05, 3.63) is 66.4 Å². The molecule has 0 saturated heterocycles. The lowest BCUT2D eigenvalue weighted by Gasteiger charge is -2.16. The largest absolute Gasteiger partial charge is 0.457 e. The highest BCUT2D eigenvalue weighted by Crippen LogP contribution is 2.27. The maximum absolute atomic E-state index is 5.88. The van der Waals surface area contributed by atoms with Crippen LogP contribution in [-0.4, -0.2) is 28.3 Å². The molecule has 1 aromatic heterocycles. The molecule has 0 fully saturated rings. The molecule has 0 aliphatic heterocycles. The molecule has 4 nitrogen and oxygen atoms in total. The van der Waals surface area contributed by atoms with E-state index in [-0.39, 0.29) is 0 Å². The van der Waals surface area contributed by atoms with E-state index in [0.29, 0.717) is 0 Å². The van der Waals surface area contributed by atoms with Crippen LogP contribution in [0.2, 0.25) is 0 Å². The molecule has 3 rings (SSSR count). The van der Waals surface area contributed by atoms with Gasteiger partial charge in [0.1, 0.15) is 11.5 Å². The van der Waals surface area contributed by atoms with Crippen molar-refractivity contribution >= 4 is 0 Å². The summed E-state index contributed by atoms with van der Waals surface area (Å²) in [6, 6.07) is 18.0. The van der Waals surface area contributed by atoms with Gasteiger partial charge < -0.3 is 9.64 Å². The van der Waals surface area contributed by atoms with Gasteiger partial charge >= 0.3 is 0 Å². The fraction of sp³-hybridized carbons (Fsp3) is 0.318. The van der Waals surface area contributed by atoms with Crippen molar-refractivity contribution < 1.29 is 4.74 Å². The van der Waals surface area contributed by atoms with Crippen molar-refractivity contribution in [2.45, 2.75) is 26.3 Å². The Balaban J connectivity index is 1.74. The summed E-state index contributed by atoms with van der Waals surface area (Å²) in [7, 11) is 4.15. The molecular formula is C22H27N3O. The number of unbranched alkanes of at least 4 members (excludes halogenated alkanes) is 1. The highest BCUT2D eigenvalue weighted by Gasteiger charge is 2.12. The minimum absolute atomic E-state index is 0.831. The lowest BCUT2D eigenvalue weighted by atomic mass is 10.1. The number of hydrogen-bond donors (Lipinski definition) is 0. The van der Waals surface area contributed by atoms with Crippen LogP contribution < -0.4 is 4.74 Å². The molecule has 0 amide bonds. The third-order valence-electron chi connectivity index (χ3n) is 4.34. The Labute approximate surface area is 156 Å². The maximum atomic E-state index is 5.88. The van der Waals surface area contributed by atoms with E-state index in [2.05, 4.69) is 42.3 Å². The Morgan fingerprint density at radius 2 is 1.69 bits per heavy atom. The van der Waals surface area contributed by atoms with Gasteiger partial charge in [0, 0.05) is 30.9 Å². The molecule has 0 unspecified atom stereocenters. The van der Waals surface area contributed by atoms with Crippen molar-refractivity contribution in [3.8, 4) is 22.8 Å². The number of aryl methyl sites for hydroxylation is 1. The smallest absolute Gasteiger partial charge is 0.127 e. The number of nitrogens with zero attached hydrogens (tertiary/aromatic N) is 3. The minimum atomic E-state index is 0.831. The van der Waals surface area contributed by atoms with E-state index in [1.165, 1.54) is 18.4 Å². The summed E-state index contributed by atoms with van der Waals surface area (Å²) in [4.78, 5) is 2.36. The Hall–Kier alpha value is -2.59. The summed E-state index contributed by atoms with van der Waals surface area (Å²) in [5.41, 5.74) is 3.41. The monoisotopic (exact) mass is 349 g/mol. The van der Waals surface area contributed by atoms with E-state index < -0.39 is 0 Å². The van der Waals surface area contributed by atoms with E-state index in [0.717, 1.165) is 35.8 Å². The second kappa shape index (κ2) is 8.68. The van der Waals surface area contributed by atoms with Crippen LogP contribution in [-0.2, 0) is 13.6 Å².